The Balaban J connectivity index is 2.23. The third-order valence-electron chi connectivity index (χ3n) is 3.12. The number of rotatable bonds is 3. The maximum Gasteiger partial charge on any atom is 0.0741 e. The van der Waals surface area contributed by atoms with Crippen LogP contribution < -0.4 is 5.32 Å². The maximum atomic E-state index is 6.12. The maximum absolute atomic E-state index is 6.12. The number of halogens is 1. The molecule has 4 heteroatoms. The summed E-state index contributed by atoms with van der Waals surface area (Å²) in [5.74, 6) is 0. The molecule has 0 aliphatic carbocycles. The molecular weight excluding hydrogens is 258 g/mol. The number of fused-ring (bicyclic) bond motifs is 1. The van der Waals surface area contributed by atoms with Gasteiger partial charge in [0.15, 0.2) is 0 Å². The smallest absolute Gasteiger partial charge is 0.0741 e. The molecule has 3 nitrogen and oxygen atoms in total. The Morgan fingerprint density at radius 2 is 2.05 bits per heavy atom. The van der Waals surface area contributed by atoms with E-state index >= 15 is 0 Å². The number of benzene rings is 2. The van der Waals surface area contributed by atoms with E-state index < -0.39 is 0 Å². The van der Waals surface area contributed by atoms with Gasteiger partial charge < -0.3 is 5.32 Å². The van der Waals surface area contributed by atoms with Gasteiger partial charge in [0.2, 0.25) is 0 Å². The summed E-state index contributed by atoms with van der Waals surface area (Å²) in [7, 11) is 1.93. The molecule has 19 heavy (non-hydrogen) atoms. The van der Waals surface area contributed by atoms with Gasteiger partial charge in [-0.25, -0.2) is 4.68 Å². The molecular formula is C15H14ClN3. The van der Waals surface area contributed by atoms with E-state index in [1.54, 1.807) is 0 Å². The van der Waals surface area contributed by atoms with E-state index in [0.717, 1.165) is 28.2 Å². The van der Waals surface area contributed by atoms with Crippen LogP contribution in [0.15, 0.2) is 48.7 Å². The zero-order valence-corrected chi connectivity index (χ0v) is 11.4. The molecule has 0 amide bonds. The Hall–Kier alpha value is -1.84. The second-order valence-corrected chi connectivity index (χ2v) is 4.85. The molecule has 0 aliphatic heterocycles. The summed E-state index contributed by atoms with van der Waals surface area (Å²) in [5, 5.41) is 9.49. The van der Waals surface area contributed by atoms with Gasteiger partial charge in [0.05, 0.1) is 17.4 Å². The van der Waals surface area contributed by atoms with Crippen LogP contribution >= 0.6 is 11.6 Å². The summed E-state index contributed by atoms with van der Waals surface area (Å²) in [6.07, 6.45) is 1.87. The molecule has 0 bridgehead atoms. The van der Waals surface area contributed by atoms with Gasteiger partial charge >= 0.3 is 0 Å². The van der Waals surface area contributed by atoms with E-state index in [2.05, 4.69) is 22.5 Å². The standard InChI is InChI=1S/C15H14ClN3/c1-17-9-12-6-7-13(16)8-15(12)19-14-5-3-2-4-11(14)10-18-19/h2-8,10,17H,9H2,1H3. The van der Waals surface area contributed by atoms with Crippen LogP contribution in [0.4, 0.5) is 0 Å². The zero-order valence-electron chi connectivity index (χ0n) is 10.6. The number of hydrogen-bond acceptors (Lipinski definition) is 2. The van der Waals surface area contributed by atoms with Crippen LogP contribution in [-0.2, 0) is 6.54 Å². The number of para-hydroxylation sites is 1. The van der Waals surface area contributed by atoms with E-state index in [4.69, 9.17) is 11.6 Å². The van der Waals surface area contributed by atoms with Gasteiger partial charge in [-0.15, -0.1) is 0 Å². The lowest BCUT2D eigenvalue weighted by atomic mass is 10.1. The number of nitrogens with one attached hydrogen (secondary N) is 1. The molecule has 0 atom stereocenters. The van der Waals surface area contributed by atoms with Crippen molar-refractivity contribution >= 4 is 22.5 Å². The molecule has 0 spiro atoms. The number of aromatic nitrogens is 2. The van der Waals surface area contributed by atoms with E-state index in [-0.39, 0.29) is 0 Å². The topological polar surface area (TPSA) is 29.9 Å². The lowest BCUT2D eigenvalue weighted by molar-refractivity contribution is 0.796. The lowest BCUT2D eigenvalue weighted by Gasteiger charge is -2.11. The first-order valence-corrected chi connectivity index (χ1v) is 6.53. The summed E-state index contributed by atoms with van der Waals surface area (Å²) in [6.45, 7) is 0.778. The van der Waals surface area contributed by atoms with Gasteiger partial charge in [-0.2, -0.15) is 5.10 Å². The average molecular weight is 272 g/mol. The first-order chi connectivity index (χ1) is 9.29. The highest BCUT2D eigenvalue weighted by atomic mass is 35.5. The monoisotopic (exact) mass is 271 g/mol. The SMILES string of the molecule is CNCc1ccc(Cl)cc1-n1ncc2ccccc21. The molecule has 0 saturated carbocycles. The third-order valence-corrected chi connectivity index (χ3v) is 3.36. The van der Waals surface area contributed by atoms with E-state index in [9.17, 15) is 0 Å². The molecule has 96 valence electrons. The van der Waals surface area contributed by atoms with Crippen molar-refractivity contribution in [2.24, 2.45) is 0 Å². The van der Waals surface area contributed by atoms with Crippen molar-refractivity contribution in [2.45, 2.75) is 6.54 Å². The van der Waals surface area contributed by atoms with Gasteiger partial charge in [0, 0.05) is 17.0 Å². The summed E-state index contributed by atoms with van der Waals surface area (Å²) in [4.78, 5) is 0. The fourth-order valence-corrected chi connectivity index (χ4v) is 2.40. The van der Waals surface area contributed by atoms with Crippen LogP contribution in [0.1, 0.15) is 5.56 Å². The largest absolute Gasteiger partial charge is 0.316 e. The second-order valence-electron chi connectivity index (χ2n) is 4.42. The van der Waals surface area contributed by atoms with Gasteiger partial charge in [-0.05, 0) is 30.8 Å². The van der Waals surface area contributed by atoms with Crippen molar-refractivity contribution in [3.8, 4) is 5.69 Å². The fourth-order valence-electron chi connectivity index (χ4n) is 2.24. The van der Waals surface area contributed by atoms with E-state index in [0.29, 0.717) is 0 Å². The molecule has 1 heterocycles. The van der Waals surface area contributed by atoms with Crippen LogP contribution in [0, 0.1) is 0 Å². The highest BCUT2D eigenvalue weighted by molar-refractivity contribution is 6.30. The zero-order chi connectivity index (χ0) is 13.2. The lowest BCUT2D eigenvalue weighted by Crippen LogP contribution is -2.09. The Bertz CT molecular complexity index is 718. The summed E-state index contributed by atoms with van der Waals surface area (Å²) in [6, 6.07) is 14.0. The molecule has 0 saturated heterocycles. The summed E-state index contributed by atoms with van der Waals surface area (Å²) < 4.78 is 1.94. The molecule has 0 fully saturated rings. The predicted octanol–water partition coefficient (Wildman–Crippen LogP) is 3.40. The van der Waals surface area contributed by atoms with Crippen molar-refractivity contribution in [1.29, 1.82) is 0 Å². The third kappa shape index (κ3) is 2.23. The van der Waals surface area contributed by atoms with Crippen LogP contribution in [0.5, 0.6) is 0 Å². The molecule has 0 radical (unpaired) electrons. The summed E-state index contributed by atoms with van der Waals surface area (Å²) >= 11 is 6.12. The molecule has 0 unspecified atom stereocenters. The first kappa shape index (κ1) is 12.2. The Kier molecular flexibility index (Phi) is 3.23. The fraction of sp³-hybridized carbons (Fsp3) is 0.133. The Morgan fingerprint density at radius 3 is 2.89 bits per heavy atom. The minimum atomic E-state index is 0.717. The molecule has 0 aliphatic rings. The minimum absolute atomic E-state index is 0.717. The van der Waals surface area contributed by atoms with Crippen LogP contribution in [0.2, 0.25) is 5.02 Å². The van der Waals surface area contributed by atoms with Crippen LogP contribution in [0.3, 0.4) is 0 Å². The normalized spacial score (nSPS) is 11.1. The Morgan fingerprint density at radius 1 is 1.21 bits per heavy atom. The highest BCUT2D eigenvalue weighted by Gasteiger charge is 2.09. The quantitative estimate of drug-likeness (QED) is 0.791. The van der Waals surface area contributed by atoms with Crippen molar-refractivity contribution in [3.63, 3.8) is 0 Å². The first-order valence-electron chi connectivity index (χ1n) is 6.16. The number of hydrogen-bond donors (Lipinski definition) is 1. The van der Waals surface area contributed by atoms with Crippen molar-refractivity contribution in [3.05, 3.63) is 59.2 Å². The highest BCUT2D eigenvalue weighted by Crippen LogP contribution is 2.23. The van der Waals surface area contributed by atoms with Gasteiger partial charge in [0.25, 0.3) is 0 Å². The molecule has 1 aromatic heterocycles. The minimum Gasteiger partial charge on any atom is -0.316 e. The van der Waals surface area contributed by atoms with Crippen molar-refractivity contribution in [1.82, 2.24) is 15.1 Å². The van der Waals surface area contributed by atoms with Crippen LogP contribution in [-0.4, -0.2) is 16.8 Å². The van der Waals surface area contributed by atoms with Crippen molar-refractivity contribution < 1.29 is 0 Å². The van der Waals surface area contributed by atoms with Crippen LogP contribution in [0.25, 0.3) is 16.6 Å². The molecule has 1 N–H and O–H groups in total. The molecule has 2 aromatic carbocycles. The summed E-state index contributed by atoms with van der Waals surface area (Å²) in [5.41, 5.74) is 3.27. The predicted molar refractivity (Wildman–Crippen MR) is 78.8 cm³/mol. The van der Waals surface area contributed by atoms with E-state index in [1.165, 1.54) is 5.56 Å². The molecule has 3 aromatic rings. The van der Waals surface area contributed by atoms with Crippen molar-refractivity contribution in [2.75, 3.05) is 7.05 Å². The van der Waals surface area contributed by atoms with Gasteiger partial charge in [-0.1, -0.05) is 35.9 Å². The molecule has 3 rings (SSSR count). The second kappa shape index (κ2) is 5.03. The number of nitrogens with zero attached hydrogens (tertiary/aromatic N) is 2. The van der Waals surface area contributed by atoms with Gasteiger partial charge in [-0.3, -0.25) is 0 Å². The Labute approximate surface area is 116 Å². The average Bonchev–Trinajstić information content (AvgIpc) is 2.85. The van der Waals surface area contributed by atoms with E-state index in [1.807, 2.05) is 48.3 Å². The van der Waals surface area contributed by atoms with Gasteiger partial charge in [0.1, 0.15) is 0 Å².